The van der Waals surface area contributed by atoms with Crippen LogP contribution in [0.1, 0.15) is 24.4 Å². The molecule has 0 fully saturated rings. The van der Waals surface area contributed by atoms with Crippen molar-refractivity contribution in [3.05, 3.63) is 29.8 Å². The van der Waals surface area contributed by atoms with E-state index in [2.05, 4.69) is 24.3 Å². The van der Waals surface area contributed by atoms with Crippen molar-refractivity contribution in [3.63, 3.8) is 0 Å². The van der Waals surface area contributed by atoms with Gasteiger partial charge in [-0.1, -0.05) is 18.2 Å². The Hall–Kier alpha value is -0.910. The van der Waals surface area contributed by atoms with Crippen LogP contribution in [0.2, 0.25) is 0 Å². The van der Waals surface area contributed by atoms with Crippen molar-refractivity contribution in [1.82, 2.24) is 10.2 Å². The van der Waals surface area contributed by atoms with Gasteiger partial charge in [0, 0.05) is 6.04 Å². The van der Waals surface area contributed by atoms with Gasteiger partial charge in [-0.05, 0) is 51.7 Å². The number of nitrogens with one attached hydrogen (secondary N) is 1. The predicted molar refractivity (Wildman–Crippen MR) is 77.0 cm³/mol. The number of nitrogens with zero attached hydrogens (tertiary/aromatic N) is 1. The zero-order valence-electron chi connectivity index (χ0n) is 11.6. The summed E-state index contributed by atoms with van der Waals surface area (Å²) in [5, 5.41) is 3.37. The van der Waals surface area contributed by atoms with Crippen molar-refractivity contribution in [2.75, 3.05) is 32.9 Å². The number of sulfone groups is 1. The molecule has 1 heterocycles. The fraction of sp³-hybridized carbons (Fsp3) is 0.571. The molecule has 4 nitrogen and oxygen atoms in total. The second-order valence-corrected chi connectivity index (χ2v) is 7.34. The molecule has 1 aliphatic heterocycles. The lowest BCUT2D eigenvalue weighted by molar-refractivity contribution is 0.389. The molecule has 2 rings (SSSR count). The second-order valence-electron chi connectivity index (χ2n) is 5.34. The van der Waals surface area contributed by atoms with Crippen LogP contribution in [0.5, 0.6) is 0 Å². The van der Waals surface area contributed by atoms with Gasteiger partial charge >= 0.3 is 0 Å². The first-order valence-corrected chi connectivity index (χ1v) is 8.36. The Kier molecular flexibility index (Phi) is 4.60. The minimum Gasteiger partial charge on any atom is -0.309 e. The second kappa shape index (κ2) is 6.03. The van der Waals surface area contributed by atoms with E-state index < -0.39 is 9.84 Å². The standard InChI is InChI=1S/C14H22N2O2S/c1-16(2)10-6-5-9-15-13-11-19(17,18)14-8-4-3-7-12(13)14/h3-4,7-8,13,15H,5-6,9-11H2,1-2H3. The maximum absolute atomic E-state index is 12.0. The summed E-state index contributed by atoms with van der Waals surface area (Å²) in [5.41, 5.74) is 0.926. The zero-order chi connectivity index (χ0) is 13.9. The number of fused-ring (bicyclic) bond motifs is 1. The molecule has 5 heteroatoms. The Labute approximate surface area is 115 Å². The highest BCUT2D eigenvalue weighted by Gasteiger charge is 2.33. The van der Waals surface area contributed by atoms with Crippen LogP contribution < -0.4 is 5.32 Å². The molecule has 0 aromatic heterocycles. The maximum Gasteiger partial charge on any atom is 0.180 e. The molecule has 1 aromatic rings. The Morgan fingerprint density at radius 1 is 1.26 bits per heavy atom. The predicted octanol–water partition coefficient (Wildman–Crippen LogP) is 1.45. The van der Waals surface area contributed by atoms with Crippen LogP contribution in [0, 0.1) is 0 Å². The molecule has 0 amide bonds. The van der Waals surface area contributed by atoms with Gasteiger partial charge in [-0.25, -0.2) is 8.42 Å². The van der Waals surface area contributed by atoms with E-state index in [1.807, 2.05) is 12.1 Å². The topological polar surface area (TPSA) is 49.4 Å². The number of unbranched alkanes of at least 4 members (excludes halogenated alkanes) is 1. The van der Waals surface area contributed by atoms with Crippen LogP contribution in [-0.4, -0.2) is 46.3 Å². The average Bonchev–Trinajstić information content (AvgIpc) is 2.61. The zero-order valence-corrected chi connectivity index (χ0v) is 12.4. The van der Waals surface area contributed by atoms with E-state index in [1.165, 1.54) is 0 Å². The molecule has 1 N–H and O–H groups in total. The smallest absolute Gasteiger partial charge is 0.180 e. The molecule has 0 radical (unpaired) electrons. The van der Waals surface area contributed by atoms with Gasteiger partial charge in [0.25, 0.3) is 0 Å². The molecular weight excluding hydrogens is 260 g/mol. The summed E-state index contributed by atoms with van der Waals surface area (Å²) in [7, 11) is 1.04. The van der Waals surface area contributed by atoms with E-state index in [9.17, 15) is 8.42 Å². The first-order chi connectivity index (χ1) is 9.00. The SMILES string of the molecule is CN(C)CCCCNC1CS(=O)(=O)c2ccccc21. The molecule has 0 saturated heterocycles. The Morgan fingerprint density at radius 2 is 2.00 bits per heavy atom. The van der Waals surface area contributed by atoms with Gasteiger partial charge in [-0.2, -0.15) is 0 Å². The lowest BCUT2D eigenvalue weighted by Gasteiger charge is -2.13. The van der Waals surface area contributed by atoms with E-state index in [-0.39, 0.29) is 11.8 Å². The van der Waals surface area contributed by atoms with Gasteiger partial charge in [0.2, 0.25) is 0 Å². The Balaban J connectivity index is 1.90. The van der Waals surface area contributed by atoms with Crippen LogP contribution in [0.4, 0.5) is 0 Å². The van der Waals surface area contributed by atoms with Crippen molar-refractivity contribution in [3.8, 4) is 0 Å². The van der Waals surface area contributed by atoms with Crippen molar-refractivity contribution in [2.45, 2.75) is 23.8 Å². The summed E-state index contributed by atoms with van der Waals surface area (Å²) in [4.78, 5) is 2.66. The third-order valence-corrected chi connectivity index (χ3v) is 5.25. The number of benzene rings is 1. The third-order valence-electron chi connectivity index (χ3n) is 3.44. The van der Waals surface area contributed by atoms with Crippen molar-refractivity contribution in [2.24, 2.45) is 0 Å². The van der Waals surface area contributed by atoms with Crippen molar-refractivity contribution in [1.29, 1.82) is 0 Å². The van der Waals surface area contributed by atoms with Gasteiger partial charge in [0.15, 0.2) is 9.84 Å². The van der Waals surface area contributed by atoms with Gasteiger partial charge < -0.3 is 10.2 Å². The lowest BCUT2D eigenvalue weighted by Crippen LogP contribution is -2.24. The van der Waals surface area contributed by atoms with Gasteiger partial charge in [0.05, 0.1) is 10.6 Å². The van der Waals surface area contributed by atoms with Crippen LogP contribution in [0.3, 0.4) is 0 Å². The average molecular weight is 282 g/mol. The first-order valence-electron chi connectivity index (χ1n) is 6.70. The molecule has 0 bridgehead atoms. The largest absolute Gasteiger partial charge is 0.309 e. The summed E-state index contributed by atoms with van der Waals surface area (Å²) in [6.45, 7) is 1.93. The number of hydrogen-bond donors (Lipinski definition) is 1. The van der Waals surface area contributed by atoms with Crippen molar-refractivity contribution >= 4 is 9.84 Å². The molecule has 0 saturated carbocycles. The van der Waals surface area contributed by atoms with Crippen LogP contribution in [-0.2, 0) is 9.84 Å². The lowest BCUT2D eigenvalue weighted by atomic mass is 10.1. The van der Waals surface area contributed by atoms with Gasteiger partial charge in [-0.15, -0.1) is 0 Å². The fourth-order valence-electron chi connectivity index (χ4n) is 2.45. The molecule has 1 atom stereocenters. The van der Waals surface area contributed by atoms with E-state index in [1.54, 1.807) is 12.1 Å². The number of hydrogen-bond acceptors (Lipinski definition) is 4. The molecule has 1 unspecified atom stereocenters. The third kappa shape index (κ3) is 3.55. The van der Waals surface area contributed by atoms with Crippen LogP contribution in [0.25, 0.3) is 0 Å². The van der Waals surface area contributed by atoms with Gasteiger partial charge in [-0.3, -0.25) is 0 Å². The molecule has 106 valence electrons. The highest BCUT2D eigenvalue weighted by atomic mass is 32.2. The molecule has 1 aliphatic rings. The maximum atomic E-state index is 12.0. The van der Waals surface area contributed by atoms with Gasteiger partial charge in [0.1, 0.15) is 0 Å². The molecular formula is C14H22N2O2S. The highest BCUT2D eigenvalue weighted by Crippen LogP contribution is 2.32. The van der Waals surface area contributed by atoms with E-state index in [0.717, 1.165) is 31.5 Å². The molecule has 1 aromatic carbocycles. The van der Waals surface area contributed by atoms with E-state index in [4.69, 9.17) is 0 Å². The van der Waals surface area contributed by atoms with E-state index in [0.29, 0.717) is 4.90 Å². The Bertz CT molecular complexity index is 526. The monoisotopic (exact) mass is 282 g/mol. The molecule has 0 aliphatic carbocycles. The minimum atomic E-state index is -3.08. The highest BCUT2D eigenvalue weighted by molar-refractivity contribution is 7.91. The summed E-state index contributed by atoms with van der Waals surface area (Å²) >= 11 is 0. The Morgan fingerprint density at radius 3 is 2.74 bits per heavy atom. The normalized spacial score (nSPS) is 20.7. The number of rotatable bonds is 6. The quantitative estimate of drug-likeness (QED) is 0.802. The van der Waals surface area contributed by atoms with E-state index >= 15 is 0 Å². The minimum absolute atomic E-state index is 0.0412. The fourth-order valence-corrected chi connectivity index (χ4v) is 4.22. The molecule has 0 spiro atoms. The van der Waals surface area contributed by atoms with Crippen molar-refractivity contribution < 1.29 is 8.42 Å². The summed E-state index contributed by atoms with van der Waals surface area (Å²) < 4.78 is 24.0. The summed E-state index contributed by atoms with van der Waals surface area (Å²) in [6.07, 6.45) is 2.19. The van der Waals surface area contributed by atoms with Crippen LogP contribution in [0.15, 0.2) is 29.2 Å². The van der Waals surface area contributed by atoms with Crippen LogP contribution >= 0.6 is 0 Å². The first kappa shape index (κ1) is 14.5. The summed E-state index contributed by atoms with van der Waals surface area (Å²) in [5.74, 6) is 0.194. The summed E-state index contributed by atoms with van der Waals surface area (Å²) in [6, 6.07) is 7.27. The molecule has 19 heavy (non-hydrogen) atoms.